The molecule has 0 amide bonds. The number of anilines is 1. The molecule has 0 aliphatic carbocycles. The minimum Gasteiger partial charge on any atom is -0.384 e. The predicted octanol–water partition coefficient (Wildman–Crippen LogP) is 1.99. The molecule has 1 rings (SSSR count). The molecule has 0 bridgehead atoms. The number of nitrogens with one attached hydrogen (secondary N) is 1. The van der Waals surface area contributed by atoms with Gasteiger partial charge in [-0.2, -0.15) is 0 Å². The molecule has 0 saturated heterocycles. The highest BCUT2D eigenvalue weighted by Gasteiger charge is 2.11. The Hall–Kier alpha value is -1.69. The van der Waals surface area contributed by atoms with Crippen molar-refractivity contribution in [2.45, 2.75) is 13.8 Å². The standard InChI is InChI=1S/C11H17N3O3/c1-8(7-17-3)5-12-11-4-9(2)10(6-13-11)14(15)16/h4,6,8H,5,7H2,1-3H3,(H,12,13). The van der Waals surface area contributed by atoms with E-state index in [-0.39, 0.29) is 5.69 Å². The van der Waals surface area contributed by atoms with E-state index in [9.17, 15) is 10.1 Å². The number of nitrogens with zero attached hydrogens (tertiary/aromatic N) is 2. The molecular weight excluding hydrogens is 222 g/mol. The van der Waals surface area contributed by atoms with Gasteiger partial charge >= 0.3 is 0 Å². The smallest absolute Gasteiger partial charge is 0.290 e. The summed E-state index contributed by atoms with van der Waals surface area (Å²) in [4.78, 5) is 14.2. The van der Waals surface area contributed by atoms with Gasteiger partial charge in [-0.15, -0.1) is 0 Å². The molecule has 1 aromatic rings. The minimum atomic E-state index is -0.431. The molecular formula is C11H17N3O3. The fourth-order valence-corrected chi connectivity index (χ4v) is 1.46. The summed E-state index contributed by atoms with van der Waals surface area (Å²) < 4.78 is 5.02. The van der Waals surface area contributed by atoms with Gasteiger partial charge in [0.25, 0.3) is 5.69 Å². The van der Waals surface area contributed by atoms with Crippen LogP contribution in [0.5, 0.6) is 0 Å². The summed E-state index contributed by atoms with van der Waals surface area (Å²) in [5, 5.41) is 13.7. The van der Waals surface area contributed by atoms with Crippen molar-refractivity contribution in [1.82, 2.24) is 4.98 Å². The van der Waals surface area contributed by atoms with Crippen LogP contribution >= 0.6 is 0 Å². The van der Waals surface area contributed by atoms with E-state index in [0.717, 1.165) is 6.54 Å². The molecule has 1 N–H and O–H groups in total. The number of aromatic nitrogens is 1. The highest BCUT2D eigenvalue weighted by Crippen LogP contribution is 2.18. The van der Waals surface area contributed by atoms with Crippen LogP contribution in [0.2, 0.25) is 0 Å². The molecule has 17 heavy (non-hydrogen) atoms. The average molecular weight is 239 g/mol. The summed E-state index contributed by atoms with van der Waals surface area (Å²) in [7, 11) is 1.66. The summed E-state index contributed by atoms with van der Waals surface area (Å²) in [5.74, 6) is 1.01. The van der Waals surface area contributed by atoms with E-state index >= 15 is 0 Å². The first-order chi connectivity index (χ1) is 8.04. The molecule has 0 radical (unpaired) electrons. The van der Waals surface area contributed by atoms with E-state index in [2.05, 4.69) is 17.2 Å². The lowest BCUT2D eigenvalue weighted by Crippen LogP contribution is -2.16. The molecule has 94 valence electrons. The summed E-state index contributed by atoms with van der Waals surface area (Å²) in [5.41, 5.74) is 0.646. The van der Waals surface area contributed by atoms with Crippen molar-refractivity contribution in [2.75, 3.05) is 25.6 Å². The van der Waals surface area contributed by atoms with Crippen LogP contribution in [0.15, 0.2) is 12.3 Å². The fourth-order valence-electron chi connectivity index (χ4n) is 1.46. The second-order valence-corrected chi connectivity index (χ2v) is 4.05. The van der Waals surface area contributed by atoms with Crippen LogP contribution in [-0.4, -0.2) is 30.2 Å². The van der Waals surface area contributed by atoms with Gasteiger partial charge in [-0.05, 0) is 18.9 Å². The Kier molecular flexibility index (Phi) is 4.84. The van der Waals surface area contributed by atoms with Crippen LogP contribution < -0.4 is 5.32 Å². The summed E-state index contributed by atoms with van der Waals surface area (Å²) in [6.07, 6.45) is 1.28. The molecule has 1 aromatic heterocycles. The largest absolute Gasteiger partial charge is 0.384 e. The van der Waals surface area contributed by atoms with Crippen molar-refractivity contribution in [1.29, 1.82) is 0 Å². The van der Waals surface area contributed by atoms with Crippen LogP contribution in [0, 0.1) is 23.0 Å². The van der Waals surface area contributed by atoms with Gasteiger partial charge in [0.15, 0.2) is 0 Å². The van der Waals surface area contributed by atoms with Gasteiger partial charge in [0.1, 0.15) is 12.0 Å². The first kappa shape index (κ1) is 13.4. The molecule has 0 aliphatic heterocycles. The lowest BCUT2D eigenvalue weighted by atomic mass is 10.2. The SMILES string of the molecule is COCC(C)CNc1cc(C)c([N+](=O)[O-])cn1. The number of rotatable bonds is 6. The van der Waals surface area contributed by atoms with E-state index in [1.165, 1.54) is 6.20 Å². The zero-order chi connectivity index (χ0) is 12.8. The van der Waals surface area contributed by atoms with E-state index in [1.54, 1.807) is 20.1 Å². The van der Waals surface area contributed by atoms with Crippen LogP contribution in [-0.2, 0) is 4.74 Å². The third-order valence-electron chi connectivity index (χ3n) is 2.36. The molecule has 0 aromatic carbocycles. The molecule has 0 fully saturated rings. The molecule has 6 heteroatoms. The third kappa shape index (κ3) is 3.99. The van der Waals surface area contributed by atoms with E-state index < -0.39 is 4.92 Å². The molecule has 1 unspecified atom stereocenters. The first-order valence-electron chi connectivity index (χ1n) is 5.38. The zero-order valence-electron chi connectivity index (χ0n) is 10.3. The molecule has 1 atom stereocenters. The molecule has 6 nitrogen and oxygen atoms in total. The van der Waals surface area contributed by atoms with Gasteiger partial charge < -0.3 is 10.1 Å². The van der Waals surface area contributed by atoms with Gasteiger partial charge in [0.05, 0.1) is 11.5 Å². The third-order valence-corrected chi connectivity index (χ3v) is 2.36. The Bertz CT molecular complexity index is 396. The van der Waals surface area contributed by atoms with Crippen LogP contribution in [0.25, 0.3) is 0 Å². The van der Waals surface area contributed by atoms with Gasteiger partial charge in [-0.3, -0.25) is 10.1 Å². The van der Waals surface area contributed by atoms with Gasteiger partial charge in [-0.1, -0.05) is 6.92 Å². The quantitative estimate of drug-likeness (QED) is 0.606. The van der Waals surface area contributed by atoms with Gasteiger partial charge in [0, 0.05) is 19.2 Å². The topological polar surface area (TPSA) is 77.3 Å². The summed E-state index contributed by atoms with van der Waals surface area (Å²) in [6.45, 7) is 5.13. The van der Waals surface area contributed by atoms with Crippen LogP contribution in [0.1, 0.15) is 12.5 Å². The van der Waals surface area contributed by atoms with Crippen molar-refractivity contribution in [3.8, 4) is 0 Å². The zero-order valence-corrected chi connectivity index (χ0v) is 10.3. The monoisotopic (exact) mass is 239 g/mol. The number of pyridine rings is 1. The molecule has 0 aliphatic rings. The number of hydrogen-bond acceptors (Lipinski definition) is 5. The van der Waals surface area contributed by atoms with E-state index in [4.69, 9.17) is 4.74 Å². The number of nitro groups is 1. The van der Waals surface area contributed by atoms with Crippen LogP contribution in [0.4, 0.5) is 11.5 Å². The Morgan fingerprint density at radius 2 is 2.35 bits per heavy atom. The normalized spacial score (nSPS) is 12.2. The highest BCUT2D eigenvalue weighted by molar-refractivity contribution is 5.46. The number of methoxy groups -OCH3 is 1. The highest BCUT2D eigenvalue weighted by atomic mass is 16.6. The minimum absolute atomic E-state index is 0.0421. The van der Waals surface area contributed by atoms with Crippen LogP contribution in [0.3, 0.4) is 0 Å². The molecule has 0 saturated carbocycles. The first-order valence-corrected chi connectivity index (χ1v) is 5.38. The maximum atomic E-state index is 10.6. The average Bonchev–Trinajstić information content (AvgIpc) is 2.26. The van der Waals surface area contributed by atoms with Gasteiger partial charge in [-0.25, -0.2) is 4.98 Å². The summed E-state index contributed by atoms with van der Waals surface area (Å²) in [6, 6.07) is 1.68. The van der Waals surface area contributed by atoms with Crippen molar-refractivity contribution >= 4 is 11.5 Å². The lowest BCUT2D eigenvalue weighted by molar-refractivity contribution is -0.385. The maximum absolute atomic E-state index is 10.6. The van der Waals surface area contributed by atoms with E-state index in [1.807, 2.05) is 0 Å². The predicted molar refractivity (Wildman–Crippen MR) is 65.2 cm³/mol. The van der Waals surface area contributed by atoms with Crippen molar-refractivity contribution in [3.63, 3.8) is 0 Å². The van der Waals surface area contributed by atoms with Crippen molar-refractivity contribution in [2.24, 2.45) is 5.92 Å². The van der Waals surface area contributed by atoms with Gasteiger partial charge in [0.2, 0.25) is 0 Å². The lowest BCUT2D eigenvalue weighted by Gasteiger charge is -2.12. The number of hydrogen-bond donors (Lipinski definition) is 1. The van der Waals surface area contributed by atoms with Crippen molar-refractivity contribution in [3.05, 3.63) is 27.9 Å². The fraction of sp³-hybridized carbons (Fsp3) is 0.545. The van der Waals surface area contributed by atoms with Crippen molar-refractivity contribution < 1.29 is 9.66 Å². The second kappa shape index (κ2) is 6.15. The Balaban J connectivity index is 2.62. The molecule has 1 heterocycles. The Labute approximate surface area is 100 Å². The molecule has 0 spiro atoms. The maximum Gasteiger partial charge on any atom is 0.290 e. The van der Waals surface area contributed by atoms with E-state index in [0.29, 0.717) is 23.9 Å². The number of ether oxygens (including phenoxy) is 1. The summed E-state index contributed by atoms with van der Waals surface area (Å²) >= 11 is 0. The second-order valence-electron chi connectivity index (χ2n) is 4.05. The Morgan fingerprint density at radius 1 is 1.65 bits per heavy atom. The number of aryl methyl sites for hydroxylation is 1. The Morgan fingerprint density at radius 3 is 2.88 bits per heavy atom.